The summed E-state index contributed by atoms with van der Waals surface area (Å²) in [4.78, 5) is 17.3. The Hall–Kier alpha value is -1.39. The number of nitrogens with zero attached hydrogens (tertiary/aromatic N) is 1. The molecule has 0 saturated heterocycles. The number of pyridine rings is 1. The molecule has 19 heavy (non-hydrogen) atoms. The molecule has 0 aromatic carbocycles. The first kappa shape index (κ1) is 14.0. The van der Waals surface area contributed by atoms with E-state index in [4.69, 9.17) is 11.6 Å². The predicted octanol–water partition coefficient (Wildman–Crippen LogP) is 3.92. The molecule has 1 amide bonds. The van der Waals surface area contributed by atoms with Gasteiger partial charge in [-0.2, -0.15) is 0 Å². The van der Waals surface area contributed by atoms with Gasteiger partial charge in [-0.3, -0.25) is 4.79 Å². The van der Waals surface area contributed by atoms with Crippen LogP contribution in [0.4, 0.5) is 0 Å². The average Bonchev–Trinajstić information content (AvgIpc) is 2.89. The van der Waals surface area contributed by atoms with Gasteiger partial charge in [0.15, 0.2) is 0 Å². The van der Waals surface area contributed by atoms with E-state index in [1.54, 1.807) is 23.5 Å². The Morgan fingerprint density at radius 1 is 1.37 bits per heavy atom. The zero-order valence-electron chi connectivity index (χ0n) is 10.8. The van der Waals surface area contributed by atoms with E-state index in [-0.39, 0.29) is 11.9 Å². The monoisotopic (exact) mass is 294 g/mol. The molecule has 0 aliphatic heterocycles. The number of halogens is 1. The summed E-state index contributed by atoms with van der Waals surface area (Å²) in [5.41, 5.74) is 0.520. The number of nitrogens with one attached hydrogen (secondary N) is 1. The first-order valence-electron chi connectivity index (χ1n) is 6.03. The van der Waals surface area contributed by atoms with Crippen molar-refractivity contribution in [3.8, 4) is 0 Å². The summed E-state index contributed by atoms with van der Waals surface area (Å²) in [6.07, 6.45) is 1.49. The number of hydrogen-bond donors (Lipinski definition) is 1. The molecule has 0 spiro atoms. The second-order valence-corrected chi connectivity index (χ2v) is 5.95. The molecule has 0 saturated carbocycles. The summed E-state index contributed by atoms with van der Waals surface area (Å²) in [5, 5.41) is 5.44. The fraction of sp³-hybridized carbons (Fsp3) is 0.286. The van der Waals surface area contributed by atoms with Gasteiger partial charge in [0.2, 0.25) is 0 Å². The molecular formula is C14H15ClN2OS. The minimum absolute atomic E-state index is 0.0168. The van der Waals surface area contributed by atoms with Gasteiger partial charge in [-0.05, 0) is 29.5 Å². The fourth-order valence-electron chi connectivity index (χ4n) is 1.77. The van der Waals surface area contributed by atoms with Gasteiger partial charge in [0.05, 0.1) is 11.6 Å². The molecule has 1 N–H and O–H groups in total. The molecule has 100 valence electrons. The molecule has 1 unspecified atom stereocenters. The van der Waals surface area contributed by atoms with E-state index in [9.17, 15) is 4.79 Å². The number of carbonyl (C=O) groups excluding carboxylic acids is 1. The zero-order chi connectivity index (χ0) is 13.8. The van der Waals surface area contributed by atoms with Crippen molar-refractivity contribution in [3.05, 3.63) is 51.4 Å². The molecule has 0 aliphatic rings. The quantitative estimate of drug-likeness (QED) is 0.868. The maximum absolute atomic E-state index is 12.2. The van der Waals surface area contributed by atoms with E-state index in [0.717, 1.165) is 4.88 Å². The third kappa shape index (κ3) is 3.55. The van der Waals surface area contributed by atoms with Crippen LogP contribution >= 0.6 is 22.9 Å². The minimum atomic E-state index is -0.128. The van der Waals surface area contributed by atoms with Crippen LogP contribution in [0.3, 0.4) is 0 Å². The number of hydrogen-bond acceptors (Lipinski definition) is 3. The molecule has 0 fully saturated rings. The second kappa shape index (κ2) is 6.17. The van der Waals surface area contributed by atoms with Crippen molar-refractivity contribution >= 4 is 28.8 Å². The smallest absolute Gasteiger partial charge is 0.253 e. The van der Waals surface area contributed by atoms with Gasteiger partial charge >= 0.3 is 0 Å². The lowest BCUT2D eigenvalue weighted by atomic mass is 10.0. The van der Waals surface area contributed by atoms with E-state index in [1.807, 2.05) is 17.5 Å². The first-order valence-corrected chi connectivity index (χ1v) is 7.29. The Labute approximate surface area is 121 Å². The first-order chi connectivity index (χ1) is 9.08. The molecule has 3 nitrogen and oxygen atoms in total. The highest BCUT2D eigenvalue weighted by molar-refractivity contribution is 7.10. The van der Waals surface area contributed by atoms with Crippen LogP contribution in [0, 0.1) is 5.92 Å². The van der Waals surface area contributed by atoms with Gasteiger partial charge in [0.25, 0.3) is 5.91 Å². The van der Waals surface area contributed by atoms with Gasteiger partial charge in [0.1, 0.15) is 5.15 Å². The molecule has 0 aliphatic carbocycles. The van der Waals surface area contributed by atoms with Gasteiger partial charge in [-0.25, -0.2) is 4.98 Å². The summed E-state index contributed by atoms with van der Waals surface area (Å²) < 4.78 is 0. The summed E-state index contributed by atoms with van der Waals surface area (Å²) >= 11 is 7.36. The topological polar surface area (TPSA) is 42.0 Å². The second-order valence-electron chi connectivity index (χ2n) is 4.58. The standard InChI is InChI=1S/C14H15ClN2OS/c1-9(2)13(11-4-3-7-19-11)17-14(18)10-5-6-12(15)16-8-10/h3-9,13H,1-2H3,(H,17,18). The van der Waals surface area contributed by atoms with Crippen LogP contribution < -0.4 is 5.32 Å². The number of aromatic nitrogens is 1. The molecule has 2 aromatic rings. The van der Waals surface area contributed by atoms with Crippen molar-refractivity contribution in [2.24, 2.45) is 5.92 Å². The zero-order valence-corrected chi connectivity index (χ0v) is 12.3. The van der Waals surface area contributed by atoms with E-state index < -0.39 is 0 Å². The molecule has 1 atom stereocenters. The number of rotatable bonds is 4. The lowest BCUT2D eigenvalue weighted by molar-refractivity contribution is 0.0926. The molecule has 2 aromatic heterocycles. The number of carbonyl (C=O) groups is 1. The van der Waals surface area contributed by atoms with E-state index in [0.29, 0.717) is 16.6 Å². The Morgan fingerprint density at radius 3 is 2.68 bits per heavy atom. The van der Waals surface area contributed by atoms with Crippen LogP contribution in [-0.4, -0.2) is 10.9 Å². The summed E-state index contributed by atoms with van der Waals surface area (Å²) in [7, 11) is 0. The summed E-state index contributed by atoms with van der Waals surface area (Å²) in [6.45, 7) is 4.18. The minimum Gasteiger partial charge on any atom is -0.344 e. The Balaban J connectivity index is 2.14. The Bertz CT molecular complexity index is 537. The lowest BCUT2D eigenvalue weighted by Gasteiger charge is -2.21. The van der Waals surface area contributed by atoms with Crippen molar-refractivity contribution in [2.45, 2.75) is 19.9 Å². The van der Waals surface area contributed by atoms with Crippen LogP contribution in [-0.2, 0) is 0 Å². The molecule has 2 heterocycles. The molecule has 0 bridgehead atoms. The normalized spacial score (nSPS) is 12.4. The van der Waals surface area contributed by atoms with Crippen molar-refractivity contribution in [3.63, 3.8) is 0 Å². The highest BCUT2D eigenvalue weighted by Crippen LogP contribution is 2.26. The SMILES string of the molecule is CC(C)C(NC(=O)c1ccc(Cl)nc1)c1cccs1. The van der Waals surface area contributed by atoms with Crippen LogP contribution in [0.15, 0.2) is 35.8 Å². The van der Waals surface area contributed by atoms with E-state index in [2.05, 4.69) is 24.1 Å². The molecular weight excluding hydrogens is 280 g/mol. The van der Waals surface area contributed by atoms with Crippen LogP contribution in [0.25, 0.3) is 0 Å². The van der Waals surface area contributed by atoms with Crippen molar-refractivity contribution < 1.29 is 4.79 Å². The third-order valence-corrected chi connectivity index (χ3v) is 3.97. The molecule has 5 heteroatoms. The predicted molar refractivity (Wildman–Crippen MR) is 78.6 cm³/mol. The highest BCUT2D eigenvalue weighted by atomic mass is 35.5. The van der Waals surface area contributed by atoms with Gasteiger partial charge in [0, 0.05) is 11.1 Å². The molecule has 0 radical (unpaired) electrons. The van der Waals surface area contributed by atoms with Gasteiger partial charge in [-0.15, -0.1) is 11.3 Å². The Kier molecular flexibility index (Phi) is 4.56. The molecule has 2 rings (SSSR count). The van der Waals surface area contributed by atoms with Crippen LogP contribution in [0.5, 0.6) is 0 Å². The maximum Gasteiger partial charge on any atom is 0.253 e. The highest BCUT2D eigenvalue weighted by Gasteiger charge is 2.20. The number of thiophene rings is 1. The van der Waals surface area contributed by atoms with Gasteiger partial charge < -0.3 is 5.32 Å². The summed E-state index contributed by atoms with van der Waals surface area (Å²) in [6, 6.07) is 7.34. The summed E-state index contributed by atoms with van der Waals surface area (Å²) in [5.74, 6) is 0.194. The van der Waals surface area contributed by atoms with Crippen LogP contribution in [0.1, 0.15) is 35.1 Å². The maximum atomic E-state index is 12.2. The number of amides is 1. The van der Waals surface area contributed by atoms with Crippen molar-refractivity contribution in [1.29, 1.82) is 0 Å². The average molecular weight is 295 g/mol. The largest absolute Gasteiger partial charge is 0.344 e. The third-order valence-electron chi connectivity index (χ3n) is 2.79. The Morgan fingerprint density at radius 2 is 2.16 bits per heavy atom. The van der Waals surface area contributed by atoms with Crippen molar-refractivity contribution in [2.75, 3.05) is 0 Å². The lowest BCUT2D eigenvalue weighted by Crippen LogP contribution is -2.31. The van der Waals surface area contributed by atoms with Crippen molar-refractivity contribution in [1.82, 2.24) is 10.3 Å². The van der Waals surface area contributed by atoms with Gasteiger partial charge in [-0.1, -0.05) is 31.5 Å². The fourth-order valence-corrected chi connectivity index (χ4v) is 2.83. The van der Waals surface area contributed by atoms with E-state index in [1.165, 1.54) is 6.20 Å². The van der Waals surface area contributed by atoms with Crippen LogP contribution in [0.2, 0.25) is 5.15 Å². The van der Waals surface area contributed by atoms with E-state index >= 15 is 0 Å².